The van der Waals surface area contributed by atoms with Crippen LogP contribution in [0.15, 0.2) is 53.4 Å². The SMILES string of the molecule is CN(C)Cc1ccc(S(=O)(=O)N2CCNCC2c2cccc(Cl)c2)cc1.Cl. The first-order valence-corrected chi connectivity index (χ1v) is 10.4. The Morgan fingerprint density at radius 3 is 2.52 bits per heavy atom. The van der Waals surface area contributed by atoms with Crippen LogP contribution in [0.1, 0.15) is 17.2 Å². The first-order valence-electron chi connectivity index (χ1n) is 8.59. The molecule has 3 rings (SSSR count). The van der Waals surface area contributed by atoms with Gasteiger partial charge in [0.1, 0.15) is 0 Å². The molecule has 5 nitrogen and oxygen atoms in total. The Bertz CT molecular complexity index is 858. The molecule has 1 heterocycles. The van der Waals surface area contributed by atoms with Crippen LogP contribution in [0.5, 0.6) is 0 Å². The topological polar surface area (TPSA) is 52.7 Å². The molecule has 1 aliphatic heterocycles. The second kappa shape index (κ2) is 9.37. The van der Waals surface area contributed by atoms with Crippen LogP contribution in [-0.4, -0.2) is 51.4 Å². The summed E-state index contributed by atoms with van der Waals surface area (Å²) in [6.07, 6.45) is 0. The molecule has 0 aromatic heterocycles. The largest absolute Gasteiger partial charge is 0.313 e. The smallest absolute Gasteiger partial charge is 0.243 e. The highest BCUT2D eigenvalue weighted by molar-refractivity contribution is 7.89. The Kier molecular flexibility index (Phi) is 7.68. The molecule has 2 aromatic carbocycles. The number of halogens is 2. The summed E-state index contributed by atoms with van der Waals surface area (Å²) < 4.78 is 28.1. The highest BCUT2D eigenvalue weighted by atomic mass is 35.5. The second-order valence-corrected chi connectivity index (χ2v) is 9.10. The van der Waals surface area contributed by atoms with Gasteiger partial charge < -0.3 is 10.2 Å². The van der Waals surface area contributed by atoms with Crippen molar-refractivity contribution in [1.29, 1.82) is 0 Å². The number of sulfonamides is 1. The van der Waals surface area contributed by atoms with Gasteiger partial charge >= 0.3 is 0 Å². The van der Waals surface area contributed by atoms with Gasteiger partial charge in [-0.2, -0.15) is 4.31 Å². The minimum Gasteiger partial charge on any atom is -0.313 e. The maximum Gasteiger partial charge on any atom is 0.243 e. The molecular formula is C19H25Cl2N3O2S. The van der Waals surface area contributed by atoms with E-state index in [1.54, 1.807) is 22.5 Å². The third kappa shape index (κ3) is 5.22. The van der Waals surface area contributed by atoms with E-state index in [0.717, 1.165) is 17.7 Å². The zero-order valence-electron chi connectivity index (χ0n) is 15.4. The lowest BCUT2D eigenvalue weighted by atomic mass is 10.1. The average Bonchev–Trinajstić information content (AvgIpc) is 2.62. The van der Waals surface area contributed by atoms with Crippen molar-refractivity contribution in [2.45, 2.75) is 17.5 Å². The molecule has 0 aliphatic carbocycles. The standard InChI is InChI=1S/C19H24ClN3O2S.ClH/c1-22(2)14-15-6-8-18(9-7-15)26(24,25)23-11-10-21-13-19(23)16-4-3-5-17(20)12-16;/h3-9,12,19,21H,10-11,13-14H2,1-2H3;1H. The first-order chi connectivity index (χ1) is 12.4. The Morgan fingerprint density at radius 2 is 1.89 bits per heavy atom. The Labute approximate surface area is 172 Å². The van der Waals surface area contributed by atoms with Gasteiger partial charge in [-0.05, 0) is 49.5 Å². The predicted molar refractivity (Wildman–Crippen MR) is 112 cm³/mol. The molecule has 1 atom stereocenters. The molecule has 0 radical (unpaired) electrons. The van der Waals surface area contributed by atoms with Crippen LogP contribution >= 0.6 is 24.0 Å². The molecule has 8 heteroatoms. The minimum atomic E-state index is -3.58. The van der Waals surface area contributed by atoms with E-state index in [9.17, 15) is 8.42 Å². The van der Waals surface area contributed by atoms with Crippen LogP contribution in [0.25, 0.3) is 0 Å². The van der Waals surface area contributed by atoms with E-state index in [4.69, 9.17) is 11.6 Å². The number of rotatable bonds is 5. The van der Waals surface area contributed by atoms with E-state index in [-0.39, 0.29) is 18.4 Å². The molecular weight excluding hydrogens is 405 g/mol. The maximum atomic E-state index is 13.2. The predicted octanol–water partition coefficient (Wildman–Crippen LogP) is 3.16. The van der Waals surface area contributed by atoms with Crippen molar-refractivity contribution < 1.29 is 8.42 Å². The number of hydrogen-bond donors (Lipinski definition) is 1. The molecule has 1 fully saturated rings. The van der Waals surface area contributed by atoms with Gasteiger partial charge in [0.2, 0.25) is 10.0 Å². The summed E-state index contributed by atoms with van der Waals surface area (Å²) in [4.78, 5) is 2.38. The number of piperazine rings is 1. The molecule has 1 N–H and O–H groups in total. The molecule has 1 saturated heterocycles. The van der Waals surface area contributed by atoms with Crippen molar-refractivity contribution in [2.75, 3.05) is 33.7 Å². The Balaban J connectivity index is 0.00000261. The average molecular weight is 430 g/mol. The van der Waals surface area contributed by atoms with Crippen molar-refractivity contribution in [1.82, 2.24) is 14.5 Å². The molecule has 2 aromatic rings. The molecule has 0 amide bonds. The summed E-state index contributed by atoms with van der Waals surface area (Å²) >= 11 is 6.11. The third-order valence-corrected chi connectivity index (χ3v) is 6.61. The lowest BCUT2D eigenvalue weighted by Crippen LogP contribution is -2.48. The summed E-state index contributed by atoms with van der Waals surface area (Å²) in [6.45, 7) is 2.41. The fourth-order valence-electron chi connectivity index (χ4n) is 3.24. The van der Waals surface area contributed by atoms with E-state index in [1.165, 1.54) is 0 Å². The molecule has 148 valence electrons. The zero-order valence-corrected chi connectivity index (χ0v) is 17.8. The number of benzene rings is 2. The quantitative estimate of drug-likeness (QED) is 0.792. The van der Waals surface area contributed by atoms with Crippen LogP contribution in [0.4, 0.5) is 0 Å². The second-order valence-electron chi connectivity index (χ2n) is 6.77. The first kappa shape index (κ1) is 22.1. The lowest BCUT2D eigenvalue weighted by molar-refractivity contribution is 0.271. The van der Waals surface area contributed by atoms with E-state index in [0.29, 0.717) is 29.6 Å². The van der Waals surface area contributed by atoms with E-state index < -0.39 is 10.0 Å². The van der Waals surface area contributed by atoms with Crippen LogP contribution in [0.3, 0.4) is 0 Å². The summed E-state index contributed by atoms with van der Waals surface area (Å²) in [6, 6.07) is 14.3. The van der Waals surface area contributed by atoms with Gasteiger partial charge in [-0.3, -0.25) is 0 Å². The van der Waals surface area contributed by atoms with Gasteiger partial charge in [-0.15, -0.1) is 12.4 Å². The van der Waals surface area contributed by atoms with Crippen LogP contribution in [0, 0.1) is 0 Å². The normalized spacial score (nSPS) is 18.3. The lowest BCUT2D eigenvalue weighted by Gasteiger charge is -2.35. The van der Waals surface area contributed by atoms with Gasteiger partial charge in [0.05, 0.1) is 10.9 Å². The molecule has 27 heavy (non-hydrogen) atoms. The number of nitrogens with one attached hydrogen (secondary N) is 1. The highest BCUT2D eigenvalue weighted by Gasteiger charge is 2.34. The molecule has 0 bridgehead atoms. The van der Waals surface area contributed by atoms with Gasteiger partial charge in [0, 0.05) is 31.2 Å². The van der Waals surface area contributed by atoms with Gasteiger partial charge in [0.15, 0.2) is 0 Å². The van der Waals surface area contributed by atoms with Crippen molar-refractivity contribution >= 4 is 34.0 Å². The maximum absolute atomic E-state index is 13.2. The van der Waals surface area contributed by atoms with Gasteiger partial charge in [-0.1, -0.05) is 35.9 Å². The van der Waals surface area contributed by atoms with E-state index in [1.807, 2.05) is 44.4 Å². The molecule has 1 aliphatic rings. The van der Waals surface area contributed by atoms with Crippen LogP contribution in [-0.2, 0) is 16.6 Å². The van der Waals surface area contributed by atoms with Crippen LogP contribution < -0.4 is 5.32 Å². The Morgan fingerprint density at radius 1 is 1.19 bits per heavy atom. The summed E-state index contributed by atoms with van der Waals surface area (Å²) in [7, 11) is 0.393. The Hall–Kier alpha value is -1.15. The molecule has 0 spiro atoms. The van der Waals surface area contributed by atoms with E-state index in [2.05, 4.69) is 10.2 Å². The van der Waals surface area contributed by atoms with E-state index >= 15 is 0 Å². The van der Waals surface area contributed by atoms with Crippen molar-refractivity contribution in [2.24, 2.45) is 0 Å². The highest BCUT2D eigenvalue weighted by Crippen LogP contribution is 2.30. The summed E-state index contributed by atoms with van der Waals surface area (Å²) in [5, 5.41) is 3.89. The van der Waals surface area contributed by atoms with Crippen LogP contribution in [0.2, 0.25) is 5.02 Å². The van der Waals surface area contributed by atoms with Crippen molar-refractivity contribution in [3.63, 3.8) is 0 Å². The zero-order chi connectivity index (χ0) is 18.7. The summed E-state index contributed by atoms with van der Waals surface area (Å²) in [5.74, 6) is 0. The number of nitrogens with zero attached hydrogens (tertiary/aromatic N) is 2. The fourth-order valence-corrected chi connectivity index (χ4v) is 5.05. The van der Waals surface area contributed by atoms with Crippen molar-refractivity contribution in [3.8, 4) is 0 Å². The number of hydrogen-bond acceptors (Lipinski definition) is 4. The van der Waals surface area contributed by atoms with Gasteiger partial charge in [-0.25, -0.2) is 8.42 Å². The summed E-state index contributed by atoms with van der Waals surface area (Å²) in [5.41, 5.74) is 1.98. The van der Waals surface area contributed by atoms with Crippen molar-refractivity contribution in [3.05, 3.63) is 64.7 Å². The fraction of sp³-hybridized carbons (Fsp3) is 0.368. The minimum absolute atomic E-state index is 0. The van der Waals surface area contributed by atoms with Gasteiger partial charge in [0.25, 0.3) is 0 Å². The molecule has 0 saturated carbocycles. The molecule has 1 unspecified atom stereocenters. The third-order valence-electron chi connectivity index (χ3n) is 4.46. The monoisotopic (exact) mass is 429 g/mol.